The minimum absolute atomic E-state index is 0.185. The van der Waals surface area contributed by atoms with Gasteiger partial charge in [0.25, 0.3) is 11.8 Å². The molecular weight excluding hydrogens is 260 g/mol. The summed E-state index contributed by atoms with van der Waals surface area (Å²) in [5.74, 6) is -0.847. The number of anilines is 1. The highest BCUT2D eigenvalue weighted by Crippen LogP contribution is 2.24. The molecular formula is C14H12N2O4. The fourth-order valence-corrected chi connectivity index (χ4v) is 1.90. The van der Waals surface area contributed by atoms with Crippen molar-refractivity contribution in [1.82, 2.24) is 0 Å². The second-order valence-electron chi connectivity index (χ2n) is 4.31. The van der Waals surface area contributed by atoms with Gasteiger partial charge in [-0.2, -0.15) is 5.26 Å². The molecule has 2 unspecified atom stereocenters. The Balaban J connectivity index is 2.17. The molecule has 2 N–H and O–H groups in total. The molecule has 0 spiro atoms. The average molecular weight is 272 g/mol. The minimum atomic E-state index is -1.19. The predicted octanol–water partition coefficient (Wildman–Crippen LogP) is 0.424. The summed E-state index contributed by atoms with van der Waals surface area (Å²) in [5.41, 5.74) is 0.791. The monoisotopic (exact) mass is 272 g/mol. The highest BCUT2D eigenvalue weighted by atomic mass is 16.3. The molecule has 6 nitrogen and oxygen atoms in total. The van der Waals surface area contributed by atoms with E-state index < -0.39 is 24.0 Å². The second kappa shape index (κ2) is 5.65. The van der Waals surface area contributed by atoms with Crippen molar-refractivity contribution in [3.8, 4) is 6.07 Å². The number of hydrogen-bond acceptors (Lipinski definition) is 5. The Kier molecular flexibility index (Phi) is 3.94. The Morgan fingerprint density at radius 1 is 1.10 bits per heavy atom. The van der Waals surface area contributed by atoms with Gasteiger partial charge >= 0.3 is 0 Å². The summed E-state index contributed by atoms with van der Waals surface area (Å²) in [6.07, 6.45) is -0.186. The fourth-order valence-electron chi connectivity index (χ4n) is 1.90. The molecule has 0 bridgehead atoms. The molecule has 2 atom stereocenters. The third-order valence-corrected chi connectivity index (χ3v) is 2.97. The second-order valence-corrected chi connectivity index (χ2v) is 4.31. The van der Waals surface area contributed by atoms with Gasteiger partial charge in [0.15, 0.2) is 0 Å². The number of aliphatic hydroxyl groups excluding tert-OH is 2. The molecule has 2 amide bonds. The lowest BCUT2D eigenvalue weighted by atomic mass is 10.0. The van der Waals surface area contributed by atoms with Crippen molar-refractivity contribution in [2.24, 2.45) is 0 Å². The number of nitrogens with zero attached hydrogens (tertiary/aromatic N) is 2. The number of aliphatic hydroxyl groups is 2. The Morgan fingerprint density at radius 2 is 1.65 bits per heavy atom. The van der Waals surface area contributed by atoms with E-state index in [1.165, 1.54) is 36.4 Å². The first kappa shape index (κ1) is 13.9. The van der Waals surface area contributed by atoms with E-state index in [1.54, 1.807) is 6.07 Å². The number of imide groups is 1. The molecule has 0 saturated heterocycles. The van der Waals surface area contributed by atoms with E-state index in [0.29, 0.717) is 11.3 Å². The number of nitriles is 1. The zero-order valence-corrected chi connectivity index (χ0v) is 10.4. The van der Waals surface area contributed by atoms with E-state index in [0.717, 1.165) is 4.90 Å². The van der Waals surface area contributed by atoms with Crippen LogP contribution >= 0.6 is 0 Å². The first-order valence-electron chi connectivity index (χ1n) is 5.93. The Labute approximate surface area is 115 Å². The van der Waals surface area contributed by atoms with Crippen molar-refractivity contribution < 1.29 is 19.8 Å². The molecule has 1 aliphatic rings. The summed E-state index contributed by atoms with van der Waals surface area (Å²) in [5, 5.41) is 27.8. The molecule has 6 heteroatoms. The SMILES string of the molecule is N#CCC(O)C(O)c1ccc(N2C(=O)C=CC2=O)cc1. The van der Waals surface area contributed by atoms with E-state index in [9.17, 15) is 19.8 Å². The van der Waals surface area contributed by atoms with Crippen molar-refractivity contribution in [3.05, 3.63) is 42.0 Å². The van der Waals surface area contributed by atoms with Crippen LogP contribution in [0, 0.1) is 11.3 Å². The van der Waals surface area contributed by atoms with Crippen LogP contribution in [0.4, 0.5) is 5.69 Å². The summed E-state index contributed by atoms with van der Waals surface area (Å²) >= 11 is 0. The number of benzene rings is 1. The summed E-state index contributed by atoms with van der Waals surface area (Å²) in [4.78, 5) is 24.0. The molecule has 2 rings (SSSR count). The number of carbonyl (C=O) groups is 2. The van der Waals surface area contributed by atoms with Crippen LogP contribution in [0.3, 0.4) is 0 Å². The van der Waals surface area contributed by atoms with Gasteiger partial charge in [0.05, 0.1) is 24.3 Å². The lowest BCUT2D eigenvalue weighted by Gasteiger charge is -2.18. The number of carbonyl (C=O) groups excluding carboxylic acids is 2. The van der Waals surface area contributed by atoms with Gasteiger partial charge in [-0.05, 0) is 17.7 Å². The lowest BCUT2D eigenvalue weighted by molar-refractivity contribution is -0.119. The Hall–Kier alpha value is -2.49. The van der Waals surface area contributed by atoms with Gasteiger partial charge in [0, 0.05) is 12.2 Å². The number of hydrogen-bond donors (Lipinski definition) is 2. The van der Waals surface area contributed by atoms with Crippen LogP contribution in [0.15, 0.2) is 36.4 Å². The third-order valence-electron chi connectivity index (χ3n) is 2.97. The maximum absolute atomic E-state index is 11.5. The Morgan fingerprint density at radius 3 is 2.15 bits per heavy atom. The topological polar surface area (TPSA) is 102 Å². The van der Waals surface area contributed by atoms with E-state index >= 15 is 0 Å². The van der Waals surface area contributed by atoms with Gasteiger partial charge in [0.2, 0.25) is 0 Å². The van der Waals surface area contributed by atoms with Crippen molar-refractivity contribution in [2.45, 2.75) is 18.6 Å². The lowest BCUT2D eigenvalue weighted by Crippen LogP contribution is -2.29. The van der Waals surface area contributed by atoms with Crippen LogP contribution in [-0.2, 0) is 9.59 Å². The van der Waals surface area contributed by atoms with Crippen LogP contribution in [0.1, 0.15) is 18.1 Å². The molecule has 1 aliphatic heterocycles. The predicted molar refractivity (Wildman–Crippen MR) is 69.3 cm³/mol. The van der Waals surface area contributed by atoms with E-state index in [2.05, 4.69) is 0 Å². The van der Waals surface area contributed by atoms with Crippen LogP contribution in [0.25, 0.3) is 0 Å². The van der Waals surface area contributed by atoms with Gasteiger partial charge in [-0.1, -0.05) is 12.1 Å². The highest BCUT2D eigenvalue weighted by molar-refractivity contribution is 6.28. The first-order valence-corrected chi connectivity index (χ1v) is 5.93. The standard InChI is InChI=1S/C14H12N2O4/c15-8-7-11(17)14(20)9-1-3-10(4-2-9)16-12(18)5-6-13(16)19/h1-6,11,14,17,20H,7H2. The molecule has 0 radical (unpaired) electrons. The molecule has 1 aromatic rings. The number of amides is 2. The van der Waals surface area contributed by atoms with Crippen LogP contribution in [0.5, 0.6) is 0 Å². The molecule has 102 valence electrons. The van der Waals surface area contributed by atoms with Gasteiger partial charge in [-0.3, -0.25) is 9.59 Å². The van der Waals surface area contributed by atoms with Gasteiger partial charge < -0.3 is 10.2 Å². The first-order chi connectivity index (χ1) is 9.54. The van der Waals surface area contributed by atoms with Gasteiger partial charge in [0.1, 0.15) is 6.10 Å². The van der Waals surface area contributed by atoms with Crippen LogP contribution in [0.2, 0.25) is 0 Å². The molecule has 0 saturated carbocycles. The van der Waals surface area contributed by atoms with E-state index in [4.69, 9.17) is 5.26 Å². The van der Waals surface area contributed by atoms with Gasteiger partial charge in [-0.25, -0.2) is 4.90 Å². The van der Waals surface area contributed by atoms with Crippen molar-refractivity contribution in [3.63, 3.8) is 0 Å². The summed E-state index contributed by atoms with van der Waals surface area (Å²) < 4.78 is 0. The molecule has 0 fully saturated rings. The number of rotatable bonds is 4. The average Bonchev–Trinajstić information content (AvgIpc) is 2.78. The van der Waals surface area contributed by atoms with Crippen molar-refractivity contribution in [2.75, 3.05) is 4.90 Å². The quantitative estimate of drug-likeness (QED) is 0.774. The molecule has 0 aromatic heterocycles. The molecule has 0 aliphatic carbocycles. The summed E-state index contributed by atoms with van der Waals surface area (Å²) in [6, 6.07) is 7.77. The maximum atomic E-state index is 11.5. The Bertz CT molecular complexity index is 583. The summed E-state index contributed by atoms with van der Waals surface area (Å²) in [6.45, 7) is 0. The smallest absolute Gasteiger partial charge is 0.258 e. The van der Waals surface area contributed by atoms with Crippen LogP contribution < -0.4 is 4.90 Å². The normalized spacial score (nSPS) is 17.1. The zero-order valence-electron chi connectivity index (χ0n) is 10.4. The summed E-state index contributed by atoms with van der Waals surface area (Å²) in [7, 11) is 0. The molecule has 1 heterocycles. The largest absolute Gasteiger partial charge is 0.389 e. The third kappa shape index (κ3) is 2.59. The fraction of sp³-hybridized carbons (Fsp3) is 0.214. The maximum Gasteiger partial charge on any atom is 0.258 e. The van der Waals surface area contributed by atoms with Gasteiger partial charge in [-0.15, -0.1) is 0 Å². The van der Waals surface area contributed by atoms with Crippen molar-refractivity contribution >= 4 is 17.5 Å². The van der Waals surface area contributed by atoms with Crippen LogP contribution in [-0.4, -0.2) is 28.1 Å². The van der Waals surface area contributed by atoms with E-state index in [1.807, 2.05) is 0 Å². The highest BCUT2D eigenvalue weighted by Gasteiger charge is 2.25. The van der Waals surface area contributed by atoms with E-state index in [-0.39, 0.29) is 6.42 Å². The van der Waals surface area contributed by atoms with Crippen molar-refractivity contribution in [1.29, 1.82) is 5.26 Å². The zero-order chi connectivity index (χ0) is 14.7. The molecule has 20 heavy (non-hydrogen) atoms. The molecule has 1 aromatic carbocycles. The minimum Gasteiger partial charge on any atom is -0.389 e.